The summed E-state index contributed by atoms with van der Waals surface area (Å²) in [6, 6.07) is 15.3. The number of aryl methyl sites for hydroxylation is 2. The van der Waals surface area contributed by atoms with Crippen molar-refractivity contribution in [2.75, 3.05) is 0 Å². The zero-order chi connectivity index (χ0) is 17.9. The van der Waals surface area contributed by atoms with Crippen molar-refractivity contribution in [1.29, 1.82) is 0 Å². The van der Waals surface area contributed by atoms with E-state index < -0.39 is 10.0 Å². The number of aromatic nitrogens is 2. The highest BCUT2D eigenvalue weighted by Crippen LogP contribution is 2.13. The minimum absolute atomic E-state index is 0.0129. The van der Waals surface area contributed by atoms with E-state index in [0.717, 1.165) is 28.2 Å². The maximum Gasteiger partial charge on any atom is 0.216 e. The molecule has 2 aromatic carbocycles. The maximum absolute atomic E-state index is 12.3. The third kappa shape index (κ3) is 4.55. The highest BCUT2D eigenvalue weighted by molar-refractivity contribution is 7.88. The Morgan fingerprint density at radius 3 is 2.44 bits per heavy atom. The summed E-state index contributed by atoms with van der Waals surface area (Å²) in [5.74, 6) is 0.896. The molecular formula is C19H21N3O2S. The number of benzene rings is 2. The van der Waals surface area contributed by atoms with Crippen LogP contribution < -0.4 is 4.72 Å². The van der Waals surface area contributed by atoms with Gasteiger partial charge in [0, 0.05) is 24.6 Å². The lowest BCUT2D eigenvalue weighted by atomic mass is 10.2. The lowest BCUT2D eigenvalue weighted by Gasteiger charge is -2.09. The smallest absolute Gasteiger partial charge is 0.216 e. The molecule has 0 aliphatic carbocycles. The van der Waals surface area contributed by atoms with Gasteiger partial charge in [0.15, 0.2) is 0 Å². The summed E-state index contributed by atoms with van der Waals surface area (Å²) in [4.78, 5) is 4.20. The first-order chi connectivity index (χ1) is 11.9. The van der Waals surface area contributed by atoms with Crippen molar-refractivity contribution in [2.45, 2.75) is 26.1 Å². The van der Waals surface area contributed by atoms with Crippen LogP contribution in [0.2, 0.25) is 0 Å². The number of hydrogen-bond donors (Lipinski definition) is 1. The Labute approximate surface area is 148 Å². The van der Waals surface area contributed by atoms with E-state index in [9.17, 15) is 8.42 Å². The minimum Gasteiger partial charge on any atom is -0.304 e. The summed E-state index contributed by atoms with van der Waals surface area (Å²) < 4.78 is 29.2. The van der Waals surface area contributed by atoms with Crippen molar-refractivity contribution in [3.8, 4) is 5.69 Å². The monoisotopic (exact) mass is 355 g/mol. The van der Waals surface area contributed by atoms with E-state index in [1.54, 1.807) is 6.20 Å². The summed E-state index contributed by atoms with van der Waals surface area (Å²) in [7, 11) is -3.37. The van der Waals surface area contributed by atoms with Crippen LogP contribution in [0.25, 0.3) is 5.69 Å². The van der Waals surface area contributed by atoms with E-state index >= 15 is 0 Å². The van der Waals surface area contributed by atoms with Crippen molar-refractivity contribution < 1.29 is 8.42 Å². The molecule has 0 saturated heterocycles. The highest BCUT2D eigenvalue weighted by atomic mass is 32.2. The molecule has 6 heteroatoms. The molecule has 0 unspecified atom stereocenters. The van der Waals surface area contributed by atoms with Crippen LogP contribution in [0.3, 0.4) is 0 Å². The van der Waals surface area contributed by atoms with Crippen molar-refractivity contribution in [3.63, 3.8) is 0 Å². The Kier molecular flexibility index (Phi) is 5.01. The van der Waals surface area contributed by atoms with E-state index in [0.29, 0.717) is 0 Å². The average Bonchev–Trinajstić information content (AvgIpc) is 2.99. The molecule has 0 aliphatic rings. The van der Waals surface area contributed by atoms with E-state index in [2.05, 4.69) is 9.71 Å². The third-order valence-corrected chi connectivity index (χ3v) is 5.27. The molecule has 1 aromatic heterocycles. The van der Waals surface area contributed by atoms with Crippen molar-refractivity contribution in [2.24, 2.45) is 0 Å². The van der Waals surface area contributed by atoms with Crippen LogP contribution in [0.15, 0.2) is 60.9 Å². The van der Waals surface area contributed by atoms with E-state index in [1.807, 2.05) is 73.1 Å². The number of hydrogen-bond acceptors (Lipinski definition) is 3. The molecule has 0 radical (unpaired) electrons. The SMILES string of the molecule is Cc1cccc(CS(=O)(=O)NCc2ccc(-n3ccnc3C)cc2)c1. The van der Waals surface area contributed by atoms with Gasteiger partial charge in [0.2, 0.25) is 10.0 Å². The first-order valence-electron chi connectivity index (χ1n) is 8.05. The Morgan fingerprint density at radius 2 is 1.80 bits per heavy atom. The molecule has 1 N–H and O–H groups in total. The molecule has 130 valence electrons. The molecular weight excluding hydrogens is 334 g/mol. The van der Waals surface area contributed by atoms with Crippen LogP contribution >= 0.6 is 0 Å². The number of nitrogens with zero attached hydrogens (tertiary/aromatic N) is 2. The van der Waals surface area contributed by atoms with E-state index in [-0.39, 0.29) is 12.3 Å². The molecule has 0 aliphatic heterocycles. The second-order valence-electron chi connectivity index (χ2n) is 6.08. The Balaban J connectivity index is 1.64. The van der Waals surface area contributed by atoms with Crippen LogP contribution in [0.4, 0.5) is 0 Å². The summed E-state index contributed by atoms with van der Waals surface area (Å²) >= 11 is 0. The Bertz CT molecular complexity index is 960. The van der Waals surface area contributed by atoms with Crippen LogP contribution in [0, 0.1) is 13.8 Å². The number of rotatable bonds is 6. The molecule has 0 fully saturated rings. The van der Waals surface area contributed by atoms with E-state index in [1.165, 1.54) is 0 Å². The topological polar surface area (TPSA) is 64.0 Å². The second-order valence-corrected chi connectivity index (χ2v) is 7.89. The van der Waals surface area contributed by atoms with Gasteiger partial charge in [0.05, 0.1) is 5.75 Å². The fourth-order valence-corrected chi connectivity index (χ4v) is 3.80. The molecule has 0 atom stereocenters. The van der Waals surface area contributed by atoms with Crippen molar-refractivity contribution in [3.05, 3.63) is 83.4 Å². The fraction of sp³-hybridized carbons (Fsp3) is 0.211. The summed E-state index contributed by atoms with van der Waals surface area (Å²) in [6.45, 7) is 4.16. The number of imidazole rings is 1. The fourth-order valence-electron chi connectivity index (χ4n) is 2.69. The molecule has 0 bridgehead atoms. The highest BCUT2D eigenvalue weighted by Gasteiger charge is 2.11. The lowest BCUT2D eigenvalue weighted by molar-refractivity contribution is 0.580. The van der Waals surface area contributed by atoms with E-state index in [4.69, 9.17) is 0 Å². The third-order valence-electron chi connectivity index (χ3n) is 3.98. The van der Waals surface area contributed by atoms with Gasteiger partial charge in [0.25, 0.3) is 0 Å². The maximum atomic E-state index is 12.3. The van der Waals surface area contributed by atoms with Gasteiger partial charge in [0.1, 0.15) is 5.82 Å². The predicted molar refractivity (Wildman–Crippen MR) is 98.9 cm³/mol. The summed E-state index contributed by atoms with van der Waals surface area (Å²) in [5.41, 5.74) is 3.76. The molecule has 0 saturated carbocycles. The van der Waals surface area contributed by atoms with Crippen molar-refractivity contribution >= 4 is 10.0 Å². The zero-order valence-electron chi connectivity index (χ0n) is 14.3. The van der Waals surface area contributed by atoms with Gasteiger partial charge in [-0.1, -0.05) is 42.0 Å². The molecule has 3 rings (SSSR count). The molecule has 0 spiro atoms. The quantitative estimate of drug-likeness (QED) is 0.739. The minimum atomic E-state index is -3.37. The normalized spacial score (nSPS) is 11.6. The molecule has 5 nitrogen and oxygen atoms in total. The Hall–Kier alpha value is -2.44. The first kappa shape index (κ1) is 17.4. The Morgan fingerprint density at radius 1 is 1.04 bits per heavy atom. The molecule has 25 heavy (non-hydrogen) atoms. The van der Waals surface area contributed by atoms with Gasteiger partial charge in [-0.25, -0.2) is 18.1 Å². The largest absolute Gasteiger partial charge is 0.304 e. The standard InChI is InChI=1S/C19H21N3O2S/c1-15-4-3-5-18(12-15)14-25(23,24)21-13-17-6-8-19(9-7-17)22-11-10-20-16(22)2/h3-12,21H,13-14H2,1-2H3. The molecule has 0 amide bonds. The predicted octanol–water partition coefficient (Wildman–Crippen LogP) is 3.11. The van der Waals surface area contributed by atoms with Gasteiger partial charge in [-0.05, 0) is 37.1 Å². The van der Waals surface area contributed by atoms with Gasteiger partial charge in [-0.2, -0.15) is 0 Å². The van der Waals surface area contributed by atoms with Crippen molar-refractivity contribution in [1.82, 2.24) is 14.3 Å². The van der Waals surface area contributed by atoms with Crippen LogP contribution in [-0.2, 0) is 22.3 Å². The average molecular weight is 355 g/mol. The lowest BCUT2D eigenvalue weighted by Crippen LogP contribution is -2.24. The molecule has 1 heterocycles. The van der Waals surface area contributed by atoms with Gasteiger partial charge >= 0.3 is 0 Å². The summed E-state index contributed by atoms with van der Waals surface area (Å²) in [5, 5.41) is 0. The zero-order valence-corrected chi connectivity index (χ0v) is 15.1. The summed E-state index contributed by atoms with van der Waals surface area (Å²) in [6.07, 6.45) is 3.65. The first-order valence-corrected chi connectivity index (χ1v) is 9.70. The van der Waals surface area contributed by atoms with Crippen LogP contribution in [-0.4, -0.2) is 18.0 Å². The number of sulfonamides is 1. The van der Waals surface area contributed by atoms with Gasteiger partial charge in [-0.3, -0.25) is 0 Å². The number of nitrogens with one attached hydrogen (secondary N) is 1. The molecule has 3 aromatic rings. The van der Waals surface area contributed by atoms with Gasteiger partial charge < -0.3 is 4.57 Å². The van der Waals surface area contributed by atoms with Gasteiger partial charge in [-0.15, -0.1) is 0 Å². The second kappa shape index (κ2) is 7.21. The van der Waals surface area contributed by atoms with Crippen LogP contribution in [0.1, 0.15) is 22.5 Å². The van der Waals surface area contributed by atoms with Crippen LogP contribution in [0.5, 0.6) is 0 Å².